The first-order valence-corrected chi connectivity index (χ1v) is 7.00. The van der Waals surface area contributed by atoms with Crippen molar-refractivity contribution in [3.63, 3.8) is 0 Å². The van der Waals surface area contributed by atoms with Crippen LogP contribution in [0.5, 0.6) is 0 Å². The monoisotopic (exact) mass is 324 g/mol. The molecule has 0 bridgehead atoms. The number of nitrogens with zero attached hydrogens (tertiary/aromatic N) is 1. The van der Waals surface area contributed by atoms with Gasteiger partial charge in [-0.2, -0.15) is 0 Å². The van der Waals surface area contributed by atoms with Crippen molar-refractivity contribution in [1.82, 2.24) is 10.3 Å². The molecular formula is C14H14Cl2N4O. The van der Waals surface area contributed by atoms with E-state index in [1.807, 2.05) is 6.07 Å². The van der Waals surface area contributed by atoms with Gasteiger partial charge in [-0.15, -0.1) is 0 Å². The van der Waals surface area contributed by atoms with Crippen LogP contribution < -0.4 is 16.6 Å². The van der Waals surface area contributed by atoms with Gasteiger partial charge in [-0.05, 0) is 30.2 Å². The lowest BCUT2D eigenvalue weighted by molar-refractivity contribution is 0.0954. The number of carbonyl (C=O) groups excluding carboxylic acids is 1. The fraction of sp³-hybridized carbons (Fsp3) is 0.143. The van der Waals surface area contributed by atoms with E-state index in [-0.39, 0.29) is 5.91 Å². The molecule has 4 N–H and O–H groups in total. The molecule has 1 heterocycles. The van der Waals surface area contributed by atoms with Gasteiger partial charge in [0, 0.05) is 29.0 Å². The highest BCUT2D eigenvalue weighted by Gasteiger charge is 2.10. The summed E-state index contributed by atoms with van der Waals surface area (Å²) in [5, 5.41) is 3.97. The Kier molecular flexibility index (Phi) is 5.38. The first kappa shape index (κ1) is 15.6. The van der Waals surface area contributed by atoms with Crippen molar-refractivity contribution in [3.05, 3.63) is 57.8 Å². The number of amides is 1. The predicted molar refractivity (Wildman–Crippen MR) is 84.5 cm³/mol. The Morgan fingerprint density at radius 3 is 2.81 bits per heavy atom. The van der Waals surface area contributed by atoms with E-state index in [0.717, 1.165) is 5.56 Å². The summed E-state index contributed by atoms with van der Waals surface area (Å²) in [5.41, 5.74) is 4.30. The summed E-state index contributed by atoms with van der Waals surface area (Å²) in [5.74, 6) is 5.11. The van der Waals surface area contributed by atoms with E-state index in [4.69, 9.17) is 29.0 Å². The van der Waals surface area contributed by atoms with Gasteiger partial charge in [0.2, 0.25) is 0 Å². The fourth-order valence-corrected chi connectivity index (χ4v) is 2.33. The number of pyridine rings is 1. The zero-order chi connectivity index (χ0) is 15.2. The number of hydrogen-bond acceptors (Lipinski definition) is 4. The molecule has 0 saturated heterocycles. The number of nitrogens with two attached hydrogens (primary N) is 1. The maximum Gasteiger partial charge on any atom is 0.255 e. The Morgan fingerprint density at radius 2 is 2.10 bits per heavy atom. The summed E-state index contributed by atoms with van der Waals surface area (Å²) in [6.45, 7) is 0.444. The number of nitrogens with one attached hydrogen (secondary N) is 2. The van der Waals surface area contributed by atoms with Crippen molar-refractivity contribution in [2.45, 2.75) is 6.42 Å². The van der Waals surface area contributed by atoms with Crippen molar-refractivity contribution in [2.24, 2.45) is 5.84 Å². The molecule has 5 nitrogen and oxygen atoms in total. The molecule has 1 aromatic carbocycles. The van der Waals surface area contributed by atoms with Crippen LogP contribution in [-0.4, -0.2) is 17.4 Å². The van der Waals surface area contributed by atoms with Crippen LogP contribution in [0.25, 0.3) is 0 Å². The van der Waals surface area contributed by atoms with E-state index in [0.29, 0.717) is 34.3 Å². The Morgan fingerprint density at radius 1 is 1.29 bits per heavy atom. The summed E-state index contributed by atoms with van der Waals surface area (Å²) in [6, 6.07) is 6.92. The van der Waals surface area contributed by atoms with Crippen LogP contribution in [0, 0.1) is 0 Å². The molecule has 0 aliphatic rings. The number of hydrogen-bond donors (Lipinski definition) is 3. The third-order valence-corrected chi connectivity index (χ3v) is 3.50. The SMILES string of the molecule is NNc1ccncc1C(=O)NCCc1ccc(Cl)cc1Cl. The average molecular weight is 325 g/mol. The van der Waals surface area contributed by atoms with E-state index >= 15 is 0 Å². The van der Waals surface area contributed by atoms with Crippen LogP contribution >= 0.6 is 23.2 Å². The maximum atomic E-state index is 12.1. The number of anilines is 1. The lowest BCUT2D eigenvalue weighted by atomic mass is 10.1. The van der Waals surface area contributed by atoms with Gasteiger partial charge in [0.15, 0.2) is 0 Å². The van der Waals surface area contributed by atoms with Gasteiger partial charge in [0.1, 0.15) is 0 Å². The highest BCUT2D eigenvalue weighted by atomic mass is 35.5. The second kappa shape index (κ2) is 7.26. The standard InChI is InChI=1S/C14H14Cl2N4O/c15-10-2-1-9(12(16)7-10)3-6-19-14(21)11-8-18-5-4-13(11)20-17/h1-2,4-5,7-8H,3,6,17H2,(H,18,20)(H,19,21). The van der Waals surface area contributed by atoms with Gasteiger partial charge in [0.05, 0.1) is 11.3 Å². The third kappa shape index (κ3) is 4.07. The molecule has 0 fully saturated rings. The van der Waals surface area contributed by atoms with E-state index < -0.39 is 0 Å². The molecule has 0 atom stereocenters. The van der Waals surface area contributed by atoms with Gasteiger partial charge in [-0.1, -0.05) is 29.3 Å². The third-order valence-electron chi connectivity index (χ3n) is 2.92. The lowest BCUT2D eigenvalue weighted by Crippen LogP contribution is -2.27. The number of carbonyl (C=O) groups is 1. The van der Waals surface area contributed by atoms with Crippen LogP contribution in [0.2, 0.25) is 10.0 Å². The topological polar surface area (TPSA) is 80.0 Å². The number of aromatic nitrogens is 1. The zero-order valence-electron chi connectivity index (χ0n) is 11.1. The van der Waals surface area contributed by atoms with Gasteiger partial charge in [-0.3, -0.25) is 15.6 Å². The second-order valence-electron chi connectivity index (χ2n) is 4.31. The molecule has 0 aliphatic heterocycles. The highest BCUT2D eigenvalue weighted by Crippen LogP contribution is 2.21. The summed E-state index contributed by atoms with van der Waals surface area (Å²) in [4.78, 5) is 16.0. The zero-order valence-corrected chi connectivity index (χ0v) is 12.6. The van der Waals surface area contributed by atoms with Crippen molar-refractivity contribution in [3.8, 4) is 0 Å². The number of hydrazine groups is 1. The van der Waals surface area contributed by atoms with Crippen LogP contribution in [0.1, 0.15) is 15.9 Å². The van der Waals surface area contributed by atoms with Crippen LogP contribution in [0.4, 0.5) is 5.69 Å². The van der Waals surface area contributed by atoms with E-state index in [1.54, 1.807) is 24.4 Å². The van der Waals surface area contributed by atoms with Crippen LogP contribution in [0.3, 0.4) is 0 Å². The molecule has 0 saturated carbocycles. The van der Waals surface area contributed by atoms with Crippen molar-refractivity contribution in [2.75, 3.05) is 12.0 Å². The number of halogens is 2. The molecule has 2 aromatic rings. The molecule has 0 aliphatic carbocycles. The summed E-state index contributed by atoms with van der Waals surface area (Å²) >= 11 is 11.9. The molecule has 1 amide bonds. The average Bonchev–Trinajstić information content (AvgIpc) is 2.49. The molecule has 110 valence electrons. The Hall–Kier alpha value is -1.82. The van der Waals surface area contributed by atoms with E-state index in [9.17, 15) is 4.79 Å². The van der Waals surface area contributed by atoms with Gasteiger partial charge < -0.3 is 10.7 Å². The molecule has 2 rings (SSSR count). The predicted octanol–water partition coefficient (Wildman–Crippen LogP) is 2.65. The van der Waals surface area contributed by atoms with Crippen molar-refractivity contribution < 1.29 is 4.79 Å². The van der Waals surface area contributed by atoms with E-state index in [2.05, 4.69) is 15.7 Å². The number of rotatable bonds is 5. The first-order chi connectivity index (χ1) is 10.1. The normalized spacial score (nSPS) is 10.2. The quantitative estimate of drug-likeness (QED) is 0.583. The van der Waals surface area contributed by atoms with Gasteiger partial charge in [-0.25, -0.2) is 0 Å². The Bertz CT molecular complexity index is 649. The minimum absolute atomic E-state index is 0.249. The van der Waals surface area contributed by atoms with Gasteiger partial charge in [0.25, 0.3) is 5.91 Å². The number of nitrogen functional groups attached to an aromatic ring is 1. The first-order valence-electron chi connectivity index (χ1n) is 6.24. The largest absolute Gasteiger partial charge is 0.352 e. The second-order valence-corrected chi connectivity index (χ2v) is 5.15. The van der Waals surface area contributed by atoms with Crippen molar-refractivity contribution in [1.29, 1.82) is 0 Å². The van der Waals surface area contributed by atoms with Crippen LogP contribution in [0.15, 0.2) is 36.7 Å². The van der Waals surface area contributed by atoms with E-state index in [1.165, 1.54) is 6.20 Å². The number of benzene rings is 1. The minimum Gasteiger partial charge on any atom is -0.352 e. The van der Waals surface area contributed by atoms with Crippen LogP contribution in [-0.2, 0) is 6.42 Å². The smallest absolute Gasteiger partial charge is 0.255 e. The molecule has 1 aromatic heterocycles. The maximum absolute atomic E-state index is 12.1. The molecule has 0 radical (unpaired) electrons. The summed E-state index contributed by atoms with van der Waals surface area (Å²) in [6.07, 6.45) is 3.62. The Balaban J connectivity index is 1.95. The molecule has 0 spiro atoms. The Labute approximate surface area is 132 Å². The summed E-state index contributed by atoms with van der Waals surface area (Å²) in [7, 11) is 0. The molecular weight excluding hydrogens is 311 g/mol. The summed E-state index contributed by atoms with van der Waals surface area (Å²) < 4.78 is 0. The highest BCUT2D eigenvalue weighted by molar-refractivity contribution is 6.35. The minimum atomic E-state index is -0.249. The molecule has 0 unspecified atom stereocenters. The lowest BCUT2D eigenvalue weighted by Gasteiger charge is -2.09. The van der Waals surface area contributed by atoms with Gasteiger partial charge >= 0.3 is 0 Å². The molecule has 21 heavy (non-hydrogen) atoms. The van der Waals surface area contributed by atoms with Crippen molar-refractivity contribution >= 4 is 34.8 Å². The fourth-order valence-electron chi connectivity index (χ4n) is 1.83. The molecule has 7 heteroatoms.